The number of rotatable bonds is 4. The van der Waals surface area contributed by atoms with Crippen LogP contribution in [0.4, 0.5) is 8.78 Å². The summed E-state index contributed by atoms with van der Waals surface area (Å²) in [7, 11) is 1.50. The van der Waals surface area contributed by atoms with Gasteiger partial charge in [0.1, 0.15) is 5.75 Å². The third-order valence-corrected chi connectivity index (χ3v) is 2.11. The van der Waals surface area contributed by atoms with Crippen LogP contribution in [0.25, 0.3) is 11.3 Å². The van der Waals surface area contributed by atoms with Crippen molar-refractivity contribution in [2.75, 3.05) is 7.11 Å². The number of alkyl halides is 2. The molecule has 2 aromatic rings. The minimum Gasteiger partial charge on any atom is -0.495 e. The highest BCUT2D eigenvalue weighted by atomic mass is 19.3. The molecule has 2 aromatic heterocycles. The van der Waals surface area contributed by atoms with Crippen LogP contribution >= 0.6 is 0 Å². The SMILES string of the molecule is COc1cnnc(-c2ccnc(OC(F)F)c2)c1. The number of methoxy groups -OCH3 is 1. The molecule has 0 aliphatic carbocycles. The molecule has 18 heavy (non-hydrogen) atoms. The van der Waals surface area contributed by atoms with Gasteiger partial charge >= 0.3 is 6.61 Å². The van der Waals surface area contributed by atoms with Crippen molar-refractivity contribution in [2.24, 2.45) is 0 Å². The van der Waals surface area contributed by atoms with E-state index >= 15 is 0 Å². The van der Waals surface area contributed by atoms with Gasteiger partial charge in [-0.05, 0) is 6.07 Å². The number of aromatic nitrogens is 3. The third kappa shape index (κ3) is 2.88. The molecule has 0 aromatic carbocycles. The fourth-order valence-electron chi connectivity index (χ4n) is 1.33. The summed E-state index contributed by atoms with van der Waals surface area (Å²) in [6, 6.07) is 4.60. The Morgan fingerprint density at radius 2 is 2.11 bits per heavy atom. The Hall–Kier alpha value is -2.31. The molecule has 0 unspecified atom stereocenters. The largest absolute Gasteiger partial charge is 0.495 e. The number of pyridine rings is 1. The van der Waals surface area contributed by atoms with Crippen LogP contribution in [0, 0.1) is 0 Å². The zero-order valence-electron chi connectivity index (χ0n) is 9.38. The van der Waals surface area contributed by atoms with Crippen molar-refractivity contribution in [3.05, 3.63) is 30.6 Å². The van der Waals surface area contributed by atoms with E-state index < -0.39 is 6.61 Å². The smallest absolute Gasteiger partial charge is 0.388 e. The molecule has 0 fully saturated rings. The van der Waals surface area contributed by atoms with Crippen molar-refractivity contribution >= 4 is 0 Å². The highest BCUT2D eigenvalue weighted by Crippen LogP contribution is 2.23. The van der Waals surface area contributed by atoms with Gasteiger partial charge in [-0.15, -0.1) is 0 Å². The van der Waals surface area contributed by atoms with Crippen LogP contribution in [0.3, 0.4) is 0 Å². The average molecular weight is 253 g/mol. The van der Waals surface area contributed by atoms with E-state index in [9.17, 15) is 8.78 Å². The predicted octanol–water partition coefficient (Wildman–Crippen LogP) is 2.15. The molecule has 7 heteroatoms. The van der Waals surface area contributed by atoms with E-state index in [0.29, 0.717) is 17.0 Å². The second kappa shape index (κ2) is 5.35. The lowest BCUT2D eigenvalue weighted by Crippen LogP contribution is -2.03. The van der Waals surface area contributed by atoms with Gasteiger partial charge in [-0.2, -0.15) is 19.0 Å². The van der Waals surface area contributed by atoms with Crippen molar-refractivity contribution in [3.63, 3.8) is 0 Å². The monoisotopic (exact) mass is 253 g/mol. The fraction of sp³-hybridized carbons (Fsp3) is 0.182. The summed E-state index contributed by atoms with van der Waals surface area (Å²) in [4.78, 5) is 3.67. The van der Waals surface area contributed by atoms with Crippen LogP contribution < -0.4 is 9.47 Å². The van der Waals surface area contributed by atoms with Crippen molar-refractivity contribution in [1.82, 2.24) is 15.2 Å². The first kappa shape index (κ1) is 12.2. The molecule has 0 bridgehead atoms. The lowest BCUT2D eigenvalue weighted by Gasteiger charge is -2.05. The van der Waals surface area contributed by atoms with Crippen molar-refractivity contribution < 1.29 is 18.3 Å². The quantitative estimate of drug-likeness (QED) is 0.835. The molecule has 0 radical (unpaired) electrons. The summed E-state index contributed by atoms with van der Waals surface area (Å²) >= 11 is 0. The van der Waals surface area contributed by atoms with Crippen molar-refractivity contribution in [3.8, 4) is 22.9 Å². The minimum atomic E-state index is -2.91. The molecule has 2 heterocycles. The van der Waals surface area contributed by atoms with Gasteiger partial charge in [-0.3, -0.25) is 0 Å². The molecular weight excluding hydrogens is 244 g/mol. The van der Waals surface area contributed by atoms with Gasteiger partial charge in [0.2, 0.25) is 5.88 Å². The Balaban J connectivity index is 2.32. The summed E-state index contributed by atoms with van der Waals surface area (Å²) in [5, 5.41) is 7.62. The van der Waals surface area contributed by atoms with Crippen LogP contribution in [0.5, 0.6) is 11.6 Å². The maximum Gasteiger partial charge on any atom is 0.388 e. The molecule has 0 aliphatic rings. The predicted molar refractivity (Wildman–Crippen MR) is 58.4 cm³/mol. The van der Waals surface area contributed by atoms with Crippen molar-refractivity contribution in [1.29, 1.82) is 0 Å². The van der Waals surface area contributed by atoms with Gasteiger partial charge < -0.3 is 9.47 Å². The Bertz CT molecular complexity index is 537. The van der Waals surface area contributed by atoms with Crippen molar-refractivity contribution in [2.45, 2.75) is 6.61 Å². The van der Waals surface area contributed by atoms with Crippen LogP contribution in [0.2, 0.25) is 0 Å². The molecule has 0 amide bonds. The summed E-state index contributed by atoms with van der Waals surface area (Å²) in [6.45, 7) is -2.91. The lowest BCUT2D eigenvalue weighted by molar-refractivity contribution is -0.0528. The zero-order chi connectivity index (χ0) is 13.0. The summed E-state index contributed by atoms with van der Waals surface area (Å²) in [5.41, 5.74) is 1.04. The Morgan fingerprint density at radius 3 is 2.83 bits per heavy atom. The minimum absolute atomic E-state index is 0.174. The molecule has 0 saturated carbocycles. The van der Waals surface area contributed by atoms with Gasteiger partial charge in [0.05, 0.1) is 19.0 Å². The first-order chi connectivity index (χ1) is 8.69. The maximum atomic E-state index is 12.1. The number of hydrogen-bond donors (Lipinski definition) is 0. The normalized spacial score (nSPS) is 10.4. The standard InChI is InChI=1S/C11H9F2N3O2/c1-17-8-5-9(16-15-6-8)7-2-3-14-10(4-7)18-11(12)13/h2-6,11H,1H3. The highest BCUT2D eigenvalue weighted by Gasteiger charge is 2.08. The Labute approximate surface area is 101 Å². The van der Waals surface area contributed by atoms with E-state index in [1.165, 1.54) is 25.6 Å². The van der Waals surface area contributed by atoms with Gasteiger partial charge in [-0.25, -0.2) is 4.98 Å². The average Bonchev–Trinajstić information content (AvgIpc) is 2.38. The molecule has 0 spiro atoms. The van der Waals surface area contributed by atoms with E-state index in [2.05, 4.69) is 19.9 Å². The lowest BCUT2D eigenvalue weighted by atomic mass is 10.2. The topological polar surface area (TPSA) is 57.1 Å². The molecule has 5 nitrogen and oxygen atoms in total. The van der Waals surface area contributed by atoms with Gasteiger partial charge in [0, 0.05) is 23.9 Å². The summed E-state index contributed by atoms with van der Waals surface area (Å²) in [5.74, 6) is 0.347. The van der Waals surface area contributed by atoms with Crippen LogP contribution in [0.1, 0.15) is 0 Å². The van der Waals surface area contributed by atoms with Crippen LogP contribution in [0.15, 0.2) is 30.6 Å². The van der Waals surface area contributed by atoms with Gasteiger partial charge in [-0.1, -0.05) is 0 Å². The van der Waals surface area contributed by atoms with E-state index in [-0.39, 0.29) is 5.88 Å². The van der Waals surface area contributed by atoms with Crippen LogP contribution in [-0.2, 0) is 0 Å². The number of hydrogen-bond acceptors (Lipinski definition) is 5. The fourth-order valence-corrected chi connectivity index (χ4v) is 1.33. The Kier molecular flexibility index (Phi) is 3.61. The van der Waals surface area contributed by atoms with E-state index in [1.807, 2.05) is 0 Å². The molecule has 94 valence electrons. The zero-order valence-corrected chi connectivity index (χ0v) is 9.38. The number of halogens is 2. The van der Waals surface area contributed by atoms with E-state index in [4.69, 9.17) is 4.74 Å². The molecule has 2 rings (SSSR count). The molecule has 0 aliphatic heterocycles. The Morgan fingerprint density at radius 1 is 1.28 bits per heavy atom. The van der Waals surface area contributed by atoms with Crippen LogP contribution in [-0.4, -0.2) is 28.9 Å². The third-order valence-electron chi connectivity index (χ3n) is 2.11. The van der Waals surface area contributed by atoms with E-state index in [1.54, 1.807) is 12.1 Å². The second-order valence-corrected chi connectivity index (χ2v) is 3.24. The molecule has 0 atom stereocenters. The summed E-state index contributed by atoms with van der Waals surface area (Å²) in [6.07, 6.45) is 2.80. The van der Waals surface area contributed by atoms with E-state index in [0.717, 1.165) is 0 Å². The van der Waals surface area contributed by atoms with Gasteiger partial charge in [0.25, 0.3) is 0 Å². The summed E-state index contributed by atoms with van der Waals surface area (Å²) < 4.78 is 33.3. The van der Waals surface area contributed by atoms with Gasteiger partial charge in [0.15, 0.2) is 0 Å². The number of nitrogens with zero attached hydrogens (tertiary/aromatic N) is 3. The second-order valence-electron chi connectivity index (χ2n) is 3.24. The maximum absolute atomic E-state index is 12.1. The number of ether oxygens (including phenoxy) is 2. The molecular formula is C11H9F2N3O2. The first-order valence-corrected chi connectivity index (χ1v) is 4.97. The highest BCUT2D eigenvalue weighted by molar-refractivity contribution is 5.60. The first-order valence-electron chi connectivity index (χ1n) is 4.97. The molecule has 0 saturated heterocycles. The molecule has 0 N–H and O–H groups in total.